The molecule has 0 spiro atoms. The number of nitrogens with two attached hydrogens (primary N) is 1. The van der Waals surface area contributed by atoms with E-state index < -0.39 is 11.7 Å². The summed E-state index contributed by atoms with van der Waals surface area (Å²) in [7, 11) is 0. The molecule has 1 amide bonds. The van der Waals surface area contributed by atoms with E-state index in [1.54, 1.807) is 18.5 Å². The fourth-order valence-electron chi connectivity index (χ4n) is 3.52. The Morgan fingerprint density at radius 2 is 2.19 bits per heavy atom. The van der Waals surface area contributed by atoms with Crippen LogP contribution in [0.5, 0.6) is 0 Å². The third kappa shape index (κ3) is 2.66. The van der Waals surface area contributed by atoms with Crippen LogP contribution >= 0.6 is 0 Å². The Hall–Kier alpha value is -3.07. The van der Waals surface area contributed by atoms with Crippen LogP contribution in [0, 0.1) is 5.82 Å². The van der Waals surface area contributed by atoms with E-state index in [9.17, 15) is 14.3 Å². The number of hydrogen-bond acceptors (Lipinski definition) is 6. The maximum absolute atomic E-state index is 13.6. The van der Waals surface area contributed by atoms with E-state index in [4.69, 9.17) is 5.73 Å². The summed E-state index contributed by atoms with van der Waals surface area (Å²) in [6.07, 6.45) is 7.28. The van der Waals surface area contributed by atoms with Gasteiger partial charge in [0.25, 0.3) is 5.91 Å². The molecule has 0 aromatic carbocycles. The Kier molecular flexibility index (Phi) is 4.00. The average Bonchev–Trinajstić information content (AvgIpc) is 3.25. The molecule has 8 nitrogen and oxygen atoms in total. The first-order chi connectivity index (χ1) is 12.6. The fraction of sp³-hybridized carbons (Fsp3) is 0.294. The summed E-state index contributed by atoms with van der Waals surface area (Å²) in [6, 6.07) is 2.85. The molecular weight excluding hydrogens is 339 g/mol. The number of amides is 1. The van der Waals surface area contributed by atoms with Gasteiger partial charge in [-0.25, -0.2) is 13.9 Å². The molecule has 1 saturated heterocycles. The van der Waals surface area contributed by atoms with Gasteiger partial charge in [0, 0.05) is 12.4 Å². The first-order valence-corrected chi connectivity index (χ1v) is 8.22. The van der Waals surface area contributed by atoms with E-state index in [-0.39, 0.29) is 24.3 Å². The number of aromatic nitrogens is 4. The lowest BCUT2D eigenvalue weighted by atomic mass is 10.1. The highest BCUT2D eigenvalue weighted by molar-refractivity contribution is 5.98. The molecule has 2 atom stereocenters. The second kappa shape index (κ2) is 6.34. The van der Waals surface area contributed by atoms with Crippen molar-refractivity contribution in [2.45, 2.75) is 24.9 Å². The summed E-state index contributed by atoms with van der Waals surface area (Å²) in [5.74, 6) is -0.466. The first-order valence-electron chi connectivity index (χ1n) is 8.22. The monoisotopic (exact) mass is 356 g/mol. The van der Waals surface area contributed by atoms with Crippen molar-refractivity contribution in [3.63, 3.8) is 0 Å². The fourth-order valence-corrected chi connectivity index (χ4v) is 3.52. The molecule has 1 fully saturated rings. The van der Waals surface area contributed by atoms with Crippen LogP contribution in [0.25, 0.3) is 5.65 Å². The average molecular weight is 356 g/mol. The van der Waals surface area contributed by atoms with Crippen molar-refractivity contribution in [1.29, 1.82) is 0 Å². The van der Waals surface area contributed by atoms with Gasteiger partial charge in [-0.3, -0.25) is 9.78 Å². The van der Waals surface area contributed by atoms with E-state index >= 15 is 0 Å². The minimum absolute atomic E-state index is 0.0615. The van der Waals surface area contributed by atoms with Crippen molar-refractivity contribution in [3.05, 3.63) is 53.9 Å². The van der Waals surface area contributed by atoms with Crippen molar-refractivity contribution in [2.75, 3.05) is 11.5 Å². The Balaban J connectivity index is 1.80. The third-order valence-corrected chi connectivity index (χ3v) is 4.71. The third-order valence-electron chi connectivity index (χ3n) is 4.71. The number of primary amides is 1. The molecule has 26 heavy (non-hydrogen) atoms. The number of nitrogens with zero attached hydrogens (tertiary/aromatic N) is 5. The number of hydrogen-bond donors (Lipinski definition) is 2. The lowest BCUT2D eigenvalue weighted by Gasteiger charge is -2.30. The minimum atomic E-state index is -0.615. The van der Waals surface area contributed by atoms with Crippen LogP contribution in [-0.2, 0) is 0 Å². The molecule has 1 aliphatic heterocycles. The Morgan fingerprint density at radius 3 is 2.92 bits per heavy atom. The molecular formula is C17H17FN6O2. The summed E-state index contributed by atoms with van der Waals surface area (Å²) in [4.78, 5) is 22.0. The van der Waals surface area contributed by atoms with Gasteiger partial charge >= 0.3 is 0 Å². The van der Waals surface area contributed by atoms with Crippen LogP contribution in [-0.4, -0.2) is 43.2 Å². The summed E-state index contributed by atoms with van der Waals surface area (Å²) >= 11 is 0. The predicted molar refractivity (Wildman–Crippen MR) is 91.0 cm³/mol. The van der Waals surface area contributed by atoms with E-state index in [0.717, 1.165) is 19.0 Å². The lowest BCUT2D eigenvalue weighted by Crippen LogP contribution is -2.35. The van der Waals surface area contributed by atoms with E-state index in [1.807, 2.05) is 4.90 Å². The molecule has 0 aliphatic carbocycles. The van der Waals surface area contributed by atoms with Gasteiger partial charge in [-0.2, -0.15) is 5.10 Å². The molecule has 2 unspecified atom stereocenters. The highest BCUT2D eigenvalue weighted by atomic mass is 19.1. The number of anilines is 1. The van der Waals surface area contributed by atoms with Crippen molar-refractivity contribution in [3.8, 4) is 0 Å². The Morgan fingerprint density at radius 1 is 1.35 bits per heavy atom. The number of rotatable bonds is 4. The summed E-state index contributed by atoms with van der Waals surface area (Å²) in [5.41, 5.74) is 6.66. The van der Waals surface area contributed by atoms with Crippen molar-refractivity contribution in [1.82, 2.24) is 19.6 Å². The summed E-state index contributed by atoms with van der Waals surface area (Å²) < 4.78 is 15.1. The number of aliphatic hydroxyl groups is 1. The van der Waals surface area contributed by atoms with Gasteiger partial charge < -0.3 is 15.7 Å². The van der Waals surface area contributed by atoms with Gasteiger partial charge in [0.2, 0.25) is 0 Å². The topological polar surface area (TPSA) is 110 Å². The van der Waals surface area contributed by atoms with Gasteiger partial charge in [0.05, 0.1) is 31.1 Å². The van der Waals surface area contributed by atoms with Crippen LogP contribution in [0.2, 0.25) is 0 Å². The zero-order chi connectivity index (χ0) is 18.3. The number of halogens is 1. The highest BCUT2D eigenvalue weighted by Gasteiger charge is 2.35. The maximum atomic E-state index is 13.6. The highest BCUT2D eigenvalue weighted by Crippen LogP contribution is 2.39. The molecule has 9 heteroatoms. The van der Waals surface area contributed by atoms with Gasteiger partial charge in [-0.05, 0) is 30.5 Å². The van der Waals surface area contributed by atoms with Gasteiger partial charge in [-0.1, -0.05) is 0 Å². The van der Waals surface area contributed by atoms with E-state index in [0.29, 0.717) is 17.0 Å². The zero-order valence-corrected chi connectivity index (χ0v) is 13.8. The summed E-state index contributed by atoms with van der Waals surface area (Å²) in [6.45, 7) is -0.0615. The number of pyridine rings is 1. The largest absolute Gasteiger partial charge is 0.394 e. The number of carbonyl (C=O) groups excluding carboxylic acids is 1. The Labute approximate surface area is 148 Å². The zero-order valence-electron chi connectivity index (χ0n) is 13.8. The number of carbonyl (C=O) groups is 1. The lowest BCUT2D eigenvalue weighted by molar-refractivity contribution is 0.100. The molecule has 1 aliphatic rings. The molecule has 0 saturated carbocycles. The van der Waals surface area contributed by atoms with Gasteiger partial charge in [-0.15, -0.1) is 0 Å². The second-order valence-corrected chi connectivity index (χ2v) is 6.25. The molecule has 4 heterocycles. The van der Waals surface area contributed by atoms with Crippen LogP contribution in [0.15, 0.2) is 36.9 Å². The van der Waals surface area contributed by atoms with Crippen LogP contribution in [0.3, 0.4) is 0 Å². The SMILES string of the molecule is NC(=O)c1cnn2ccc(N3C(CO)CCC3c3cncc(F)c3)nc12. The molecule has 0 bridgehead atoms. The van der Waals surface area contributed by atoms with E-state index in [1.165, 1.54) is 16.8 Å². The quantitative estimate of drug-likeness (QED) is 0.723. The maximum Gasteiger partial charge on any atom is 0.254 e. The number of fused-ring (bicyclic) bond motifs is 1. The Bertz CT molecular complexity index is 975. The molecule has 0 radical (unpaired) electrons. The van der Waals surface area contributed by atoms with Crippen LogP contribution in [0.4, 0.5) is 10.2 Å². The molecule has 3 aromatic heterocycles. The first kappa shape index (κ1) is 16.4. The molecule has 3 aromatic rings. The molecule has 134 valence electrons. The van der Waals surface area contributed by atoms with Crippen LogP contribution in [0.1, 0.15) is 34.8 Å². The van der Waals surface area contributed by atoms with E-state index in [2.05, 4.69) is 15.1 Å². The molecule has 3 N–H and O–H groups in total. The number of aliphatic hydroxyl groups excluding tert-OH is 1. The summed E-state index contributed by atoms with van der Waals surface area (Å²) in [5, 5.41) is 13.8. The minimum Gasteiger partial charge on any atom is -0.394 e. The standard InChI is InChI=1S/C17H17FN6O2/c18-11-5-10(6-20-7-11)14-2-1-12(9-25)24(14)15-3-4-23-17(22-15)13(8-21-23)16(19)26/h3-8,12,14,25H,1-2,9H2,(H2,19,26). The van der Waals surface area contributed by atoms with Crippen molar-refractivity contribution >= 4 is 17.4 Å². The van der Waals surface area contributed by atoms with Gasteiger partial charge in [0.1, 0.15) is 17.2 Å². The van der Waals surface area contributed by atoms with Crippen molar-refractivity contribution < 1.29 is 14.3 Å². The second-order valence-electron chi connectivity index (χ2n) is 6.25. The smallest absolute Gasteiger partial charge is 0.254 e. The van der Waals surface area contributed by atoms with Crippen LogP contribution < -0.4 is 10.6 Å². The van der Waals surface area contributed by atoms with Crippen molar-refractivity contribution in [2.24, 2.45) is 5.73 Å². The predicted octanol–water partition coefficient (Wildman–Crippen LogP) is 1.06. The molecule has 4 rings (SSSR count). The van der Waals surface area contributed by atoms with Gasteiger partial charge in [0.15, 0.2) is 5.65 Å². The normalized spacial score (nSPS) is 20.0.